The molecule has 2 aromatic carbocycles. The molecule has 8 rings (SSSR count). The number of nitriles is 1. The van der Waals surface area contributed by atoms with Gasteiger partial charge in [-0.15, -0.1) is 11.3 Å². The SMILES string of the molecule is N#Cc1c(N)sc2c(F)ccc(-c3c(C(F)(F)F)cc4c(OC5CCC6(CCNC6)CC5)nc(OCC56CCCN5CC(F)C6)nc4c3F)c12. The summed E-state index contributed by atoms with van der Waals surface area (Å²) in [4.78, 5) is 10.7. The predicted octanol–water partition coefficient (Wildman–Crippen LogP) is 7.52. The number of ether oxygens (including phenoxy) is 2. The second-order valence-electron chi connectivity index (χ2n) is 14.2. The number of nitrogens with two attached hydrogens (primary N) is 1. The van der Waals surface area contributed by atoms with Crippen LogP contribution in [0, 0.1) is 28.4 Å². The molecule has 4 aromatic rings. The van der Waals surface area contributed by atoms with E-state index in [-0.39, 0.29) is 74.6 Å². The summed E-state index contributed by atoms with van der Waals surface area (Å²) in [5, 5.41) is 12.6. The number of rotatable bonds is 6. The monoisotopic (exact) mass is 716 g/mol. The van der Waals surface area contributed by atoms with Crippen LogP contribution in [0.1, 0.15) is 62.5 Å². The zero-order valence-electron chi connectivity index (χ0n) is 26.9. The largest absolute Gasteiger partial charge is 0.474 e. The highest BCUT2D eigenvalue weighted by Crippen LogP contribution is 2.49. The Balaban J connectivity index is 1.27. The van der Waals surface area contributed by atoms with Gasteiger partial charge in [0.25, 0.3) is 0 Å². The first-order valence-corrected chi connectivity index (χ1v) is 17.6. The lowest BCUT2D eigenvalue weighted by molar-refractivity contribution is -0.137. The molecule has 4 fully saturated rings. The number of nitrogen functional groups attached to an aromatic ring is 1. The summed E-state index contributed by atoms with van der Waals surface area (Å²) in [5.74, 6) is -2.42. The van der Waals surface area contributed by atoms with Crippen molar-refractivity contribution in [3.8, 4) is 29.1 Å². The Hall–Kier alpha value is -3.87. The Bertz CT molecular complexity index is 2030. The van der Waals surface area contributed by atoms with Crippen molar-refractivity contribution in [1.29, 1.82) is 5.26 Å². The number of benzene rings is 2. The number of thiophene rings is 1. The second kappa shape index (κ2) is 12.1. The van der Waals surface area contributed by atoms with Crippen LogP contribution in [0.15, 0.2) is 18.2 Å². The molecule has 1 aliphatic carbocycles. The Kier molecular flexibility index (Phi) is 8.07. The molecule has 4 aliphatic rings. The zero-order chi connectivity index (χ0) is 35.0. The van der Waals surface area contributed by atoms with Crippen LogP contribution >= 0.6 is 11.3 Å². The molecule has 2 unspecified atom stereocenters. The summed E-state index contributed by atoms with van der Waals surface area (Å²) in [6.45, 7) is 2.82. The first kappa shape index (κ1) is 33.3. The fourth-order valence-corrected chi connectivity index (χ4v) is 9.63. The van der Waals surface area contributed by atoms with Gasteiger partial charge in [-0.05, 0) is 81.1 Å². The number of hydrogen-bond donors (Lipinski definition) is 2. The summed E-state index contributed by atoms with van der Waals surface area (Å²) in [5.41, 5.74) is 2.14. The third-order valence-corrected chi connectivity index (χ3v) is 12.2. The van der Waals surface area contributed by atoms with Crippen LogP contribution in [0.5, 0.6) is 11.9 Å². The van der Waals surface area contributed by atoms with Gasteiger partial charge < -0.3 is 20.5 Å². The van der Waals surface area contributed by atoms with Gasteiger partial charge in [0, 0.05) is 30.5 Å². The lowest BCUT2D eigenvalue weighted by atomic mass is 9.72. The van der Waals surface area contributed by atoms with E-state index in [1.54, 1.807) is 0 Å². The van der Waals surface area contributed by atoms with Gasteiger partial charge in [0.05, 0.1) is 26.8 Å². The molecule has 0 radical (unpaired) electrons. The first-order chi connectivity index (χ1) is 23.9. The zero-order valence-corrected chi connectivity index (χ0v) is 27.8. The minimum Gasteiger partial charge on any atom is -0.474 e. The van der Waals surface area contributed by atoms with Crippen LogP contribution in [0.3, 0.4) is 0 Å². The molecule has 2 atom stereocenters. The van der Waals surface area contributed by atoms with E-state index in [4.69, 9.17) is 15.2 Å². The van der Waals surface area contributed by atoms with Crippen LogP contribution < -0.4 is 20.5 Å². The maximum Gasteiger partial charge on any atom is 0.417 e. The van der Waals surface area contributed by atoms with E-state index in [9.17, 15) is 27.2 Å². The highest BCUT2D eigenvalue weighted by atomic mass is 32.1. The van der Waals surface area contributed by atoms with Crippen LogP contribution in [0.25, 0.3) is 32.1 Å². The average molecular weight is 717 g/mol. The van der Waals surface area contributed by atoms with E-state index < -0.39 is 46.2 Å². The molecule has 8 nitrogen and oxygen atoms in total. The Morgan fingerprint density at radius 3 is 2.66 bits per heavy atom. The van der Waals surface area contributed by atoms with Gasteiger partial charge in [0.1, 0.15) is 41.3 Å². The highest BCUT2D eigenvalue weighted by molar-refractivity contribution is 7.23. The average Bonchev–Trinajstić information content (AvgIpc) is 3.84. The Labute approximate surface area is 287 Å². The lowest BCUT2D eigenvalue weighted by Gasteiger charge is -2.36. The van der Waals surface area contributed by atoms with Gasteiger partial charge in [0.2, 0.25) is 5.88 Å². The maximum atomic E-state index is 17.0. The third-order valence-electron chi connectivity index (χ3n) is 11.2. The number of nitrogens with one attached hydrogen (secondary N) is 1. The fraction of sp³-hybridized carbons (Fsp3) is 0.514. The Morgan fingerprint density at radius 1 is 1.14 bits per heavy atom. The number of fused-ring (bicyclic) bond motifs is 3. The molecule has 50 heavy (non-hydrogen) atoms. The van der Waals surface area contributed by atoms with E-state index in [1.165, 1.54) is 0 Å². The standard InChI is InChI=1S/C35H34F6N6O2S/c36-18-13-34(6-1-11-47(34)15-18)17-48-32-45-28-21(31(46-32)49-19-4-7-33(8-5-19)9-10-44-16-33)12-23(35(39,40)41)26(27(28)38)20-2-3-24(37)29-25(20)22(14-42)30(43)50-29/h2-3,12,18-19,44H,1,4-11,13,15-17,43H2. The molecule has 3 aliphatic heterocycles. The molecule has 0 bridgehead atoms. The summed E-state index contributed by atoms with van der Waals surface area (Å²) < 4.78 is 103. The van der Waals surface area contributed by atoms with E-state index >= 15 is 4.39 Å². The van der Waals surface area contributed by atoms with Crippen LogP contribution in [0.2, 0.25) is 0 Å². The van der Waals surface area contributed by atoms with Crippen molar-refractivity contribution in [2.24, 2.45) is 5.41 Å². The summed E-state index contributed by atoms with van der Waals surface area (Å²) in [6, 6.07) is 4.20. The summed E-state index contributed by atoms with van der Waals surface area (Å²) in [6.07, 6.45) is -0.698. The molecule has 1 spiro atoms. The fourth-order valence-electron chi connectivity index (χ4n) is 8.68. The topological polar surface area (TPSA) is 109 Å². The minimum absolute atomic E-state index is 0.00468. The van der Waals surface area contributed by atoms with Crippen LogP contribution in [-0.2, 0) is 6.18 Å². The molecule has 1 saturated carbocycles. The maximum absolute atomic E-state index is 17.0. The molecule has 3 N–H and O–H groups in total. The number of nitrogens with zero attached hydrogens (tertiary/aromatic N) is 4. The molecule has 15 heteroatoms. The first-order valence-electron chi connectivity index (χ1n) is 16.8. The second-order valence-corrected chi connectivity index (χ2v) is 15.2. The lowest BCUT2D eigenvalue weighted by Crippen LogP contribution is -2.43. The van der Waals surface area contributed by atoms with Gasteiger partial charge in [-0.25, -0.2) is 13.2 Å². The van der Waals surface area contributed by atoms with E-state index in [2.05, 4.69) is 15.3 Å². The summed E-state index contributed by atoms with van der Waals surface area (Å²) >= 11 is 0.695. The number of aromatic nitrogens is 2. The molecule has 0 amide bonds. The van der Waals surface area contributed by atoms with E-state index in [0.717, 1.165) is 57.0 Å². The quantitative estimate of drug-likeness (QED) is 0.197. The molecule has 2 aromatic heterocycles. The van der Waals surface area contributed by atoms with E-state index in [1.807, 2.05) is 11.0 Å². The summed E-state index contributed by atoms with van der Waals surface area (Å²) in [7, 11) is 0. The van der Waals surface area contributed by atoms with Gasteiger partial charge in [-0.1, -0.05) is 6.07 Å². The molecular formula is C35H34F6N6O2S. The molecule has 264 valence electrons. The van der Waals surface area contributed by atoms with Crippen LogP contribution in [-0.4, -0.2) is 65.5 Å². The smallest absolute Gasteiger partial charge is 0.417 e. The van der Waals surface area contributed by atoms with Gasteiger partial charge in [-0.3, -0.25) is 4.90 Å². The van der Waals surface area contributed by atoms with Crippen molar-refractivity contribution >= 4 is 37.3 Å². The third kappa shape index (κ3) is 5.50. The van der Waals surface area contributed by atoms with Crippen molar-refractivity contribution in [3.05, 3.63) is 41.0 Å². The predicted molar refractivity (Wildman–Crippen MR) is 176 cm³/mol. The minimum atomic E-state index is -5.09. The number of alkyl halides is 4. The highest BCUT2D eigenvalue weighted by Gasteiger charge is 2.49. The van der Waals surface area contributed by atoms with Gasteiger partial charge in [-0.2, -0.15) is 28.4 Å². The van der Waals surface area contributed by atoms with Crippen molar-refractivity contribution in [3.63, 3.8) is 0 Å². The van der Waals surface area contributed by atoms with Crippen molar-refractivity contribution < 1.29 is 35.8 Å². The van der Waals surface area contributed by atoms with E-state index in [0.29, 0.717) is 37.1 Å². The number of hydrogen-bond acceptors (Lipinski definition) is 9. The van der Waals surface area contributed by atoms with Gasteiger partial charge in [0.15, 0.2) is 5.82 Å². The number of halogens is 6. The Morgan fingerprint density at radius 2 is 1.94 bits per heavy atom. The molecule has 5 heterocycles. The van der Waals surface area contributed by atoms with Crippen molar-refractivity contribution in [2.75, 3.05) is 38.5 Å². The number of anilines is 1. The molecule has 3 saturated heterocycles. The van der Waals surface area contributed by atoms with Crippen LogP contribution in [0.4, 0.5) is 31.3 Å². The normalized spacial score (nSPS) is 27.0. The molecular weight excluding hydrogens is 682 g/mol. The van der Waals surface area contributed by atoms with Crippen molar-refractivity contribution in [1.82, 2.24) is 20.2 Å². The van der Waals surface area contributed by atoms with Crippen molar-refractivity contribution in [2.45, 2.75) is 75.4 Å². The van der Waals surface area contributed by atoms with Gasteiger partial charge >= 0.3 is 12.2 Å².